The van der Waals surface area contributed by atoms with Gasteiger partial charge in [-0.25, -0.2) is 4.68 Å². The molecular weight excluding hydrogens is 382 g/mol. The van der Waals surface area contributed by atoms with Crippen LogP contribution in [0.5, 0.6) is 0 Å². The highest BCUT2D eigenvalue weighted by Gasteiger charge is 2.24. The Labute approximate surface area is 174 Å². The minimum absolute atomic E-state index is 0.0476. The van der Waals surface area contributed by atoms with Crippen LogP contribution < -0.4 is 10.9 Å². The first-order valence-electron chi connectivity index (χ1n) is 9.89. The summed E-state index contributed by atoms with van der Waals surface area (Å²) in [6.45, 7) is 11.1. The van der Waals surface area contributed by atoms with Crippen molar-refractivity contribution in [3.8, 4) is 0 Å². The number of hydrogen-bond acceptors (Lipinski definition) is 5. The van der Waals surface area contributed by atoms with Gasteiger partial charge in [0.15, 0.2) is 5.78 Å². The van der Waals surface area contributed by atoms with Crippen molar-refractivity contribution in [2.24, 2.45) is 0 Å². The van der Waals surface area contributed by atoms with Gasteiger partial charge in [0.2, 0.25) is 5.91 Å². The first-order chi connectivity index (χ1) is 14.0. The number of carbonyl (C=O) groups is 2. The molecule has 8 nitrogen and oxygen atoms in total. The molecule has 3 aromatic rings. The Balaban J connectivity index is 1.97. The Morgan fingerprint density at radius 3 is 2.30 bits per heavy atom. The molecule has 0 aliphatic carbocycles. The maximum atomic E-state index is 13.2. The predicted molar refractivity (Wildman–Crippen MR) is 116 cm³/mol. The molecule has 0 radical (unpaired) electrons. The lowest BCUT2D eigenvalue weighted by Gasteiger charge is -2.21. The van der Waals surface area contributed by atoms with E-state index in [0.717, 1.165) is 5.69 Å². The number of nitrogens with one attached hydrogen (secondary N) is 1. The van der Waals surface area contributed by atoms with Gasteiger partial charge in [-0.3, -0.25) is 19.1 Å². The van der Waals surface area contributed by atoms with Crippen molar-refractivity contribution in [2.75, 3.05) is 5.32 Å². The number of ketones is 1. The number of Topliss-reactive ketones (excluding diaryl/α,β-unsaturated/α-hetero) is 1. The summed E-state index contributed by atoms with van der Waals surface area (Å²) in [5.74, 6) is -0.371. The average Bonchev–Trinajstić information content (AvgIpc) is 3.10. The zero-order valence-electron chi connectivity index (χ0n) is 18.2. The molecule has 0 unspecified atom stereocenters. The first-order valence-corrected chi connectivity index (χ1v) is 9.89. The lowest BCUT2D eigenvalue weighted by atomic mass is 10.1. The number of carbonyl (C=O) groups excluding carboxylic acids is 2. The first kappa shape index (κ1) is 21.4. The van der Waals surface area contributed by atoms with Crippen molar-refractivity contribution in [1.82, 2.24) is 19.6 Å². The Hall–Kier alpha value is -3.29. The van der Waals surface area contributed by atoms with Crippen LogP contribution in [0.25, 0.3) is 10.9 Å². The van der Waals surface area contributed by atoms with Gasteiger partial charge >= 0.3 is 0 Å². The van der Waals surface area contributed by atoms with Crippen LogP contribution in [0, 0.1) is 0 Å². The van der Waals surface area contributed by atoms with E-state index >= 15 is 0 Å². The zero-order chi connectivity index (χ0) is 22.2. The minimum atomic E-state index is -0.394. The third-order valence-corrected chi connectivity index (χ3v) is 4.76. The molecule has 1 N–H and O–H groups in total. The van der Waals surface area contributed by atoms with Gasteiger partial charge in [-0.2, -0.15) is 10.2 Å². The Kier molecular flexibility index (Phi) is 5.61. The van der Waals surface area contributed by atoms with Crippen molar-refractivity contribution < 1.29 is 9.59 Å². The SMILES string of the molecule is CC(=O)c1ccc(NC(=O)Cn2nc(C(C)C)c3cnn(C(C)(C)C)c3c2=O)cc1. The van der Waals surface area contributed by atoms with Gasteiger partial charge in [-0.05, 0) is 57.9 Å². The number of anilines is 1. The van der Waals surface area contributed by atoms with Crippen LogP contribution in [0.15, 0.2) is 35.3 Å². The van der Waals surface area contributed by atoms with Crippen molar-refractivity contribution >= 4 is 28.3 Å². The third kappa shape index (κ3) is 4.17. The Morgan fingerprint density at radius 2 is 1.77 bits per heavy atom. The highest BCUT2D eigenvalue weighted by atomic mass is 16.2. The molecule has 3 rings (SSSR count). The monoisotopic (exact) mass is 409 g/mol. The smallest absolute Gasteiger partial charge is 0.293 e. The van der Waals surface area contributed by atoms with Crippen LogP contribution in [0.2, 0.25) is 0 Å². The number of fused-ring (bicyclic) bond motifs is 1. The number of nitrogens with zero attached hydrogens (tertiary/aromatic N) is 4. The summed E-state index contributed by atoms with van der Waals surface area (Å²) in [5.41, 5.74) is 1.52. The van der Waals surface area contributed by atoms with Crippen LogP contribution in [0.3, 0.4) is 0 Å². The number of benzene rings is 1. The van der Waals surface area contributed by atoms with Gasteiger partial charge in [-0.1, -0.05) is 13.8 Å². The maximum absolute atomic E-state index is 13.2. The summed E-state index contributed by atoms with van der Waals surface area (Å²) in [6, 6.07) is 6.60. The number of hydrogen-bond donors (Lipinski definition) is 1. The molecule has 0 saturated carbocycles. The fraction of sp³-hybridized carbons (Fsp3) is 0.409. The van der Waals surface area contributed by atoms with Crippen LogP contribution >= 0.6 is 0 Å². The molecule has 0 aliphatic rings. The molecule has 2 heterocycles. The largest absolute Gasteiger partial charge is 0.324 e. The number of amides is 1. The van der Waals surface area contributed by atoms with Gasteiger partial charge in [0.1, 0.15) is 12.1 Å². The summed E-state index contributed by atoms with van der Waals surface area (Å²) >= 11 is 0. The maximum Gasteiger partial charge on any atom is 0.293 e. The molecule has 0 spiro atoms. The van der Waals surface area contributed by atoms with E-state index in [4.69, 9.17) is 0 Å². The van der Waals surface area contributed by atoms with Crippen molar-refractivity contribution in [3.05, 3.63) is 52.1 Å². The van der Waals surface area contributed by atoms with Crippen molar-refractivity contribution in [1.29, 1.82) is 0 Å². The van der Waals surface area contributed by atoms with Crippen molar-refractivity contribution in [2.45, 2.75) is 59.5 Å². The molecule has 158 valence electrons. The molecule has 0 atom stereocenters. The van der Waals surface area contributed by atoms with Gasteiger partial charge in [0.05, 0.1) is 17.4 Å². The highest BCUT2D eigenvalue weighted by molar-refractivity contribution is 5.95. The van der Waals surface area contributed by atoms with Crippen LogP contribution in [-0.2, 0) is 16.9 Å². The quantitative estimate of drug-likeness (QED) is 0.652. The van der Waals surface area contributed by atoms with E-state index in [0.29, 0.717) is 22.2 Å². The van der Waals surface area contributed by atoms with Crippen LogP contribution in [0.4, 0.5) is 5.69 Å². The number of aromatic nitrogens is 4. The molecule has 0 bridgehead atoms. The minimum Gasteiger partial charge on any atom is -0.324 e. The van der Waals surface area contributed by atoms with E-state index < -0.39 is 5.54 Å². The van der Waals surface area contributed by atoms with E-state index in [1.54, 1.807) is 35.1 Å². The summed E-state index contributed by atoms with van der Waals surface area (Å²) in [7, 11) is 0. The van der Waals surface area contributed by atoms with E-state index in [-0.39, 0.29) is 29.7 Å². The molecule has 2 aromatic heterocycles. The fourth-order valence-electron chi connectivity index (χ4n) is 3.26. The van der Waals surface area contributed by atoms with Crippen LogP contribution in [0.1, 0.15) is 63.5 Å². The van der Waals surface area contributed by atoms with E-state index in [9.17, 15) is 14.4 Å². The molecule has 0 saturated heterocycles. The molecule has 1 aromatic carbocycles. The Morgan fingerprint density at radius 1 is 1.13 bits per heavy atom. The molecular formula is C22H27N5O3. The highest BCUT2D eigenvalue weighted by Crippen LogP contribution is 2.24. The summed E-state index contributed by atoms with van der Waals surface area (Å²) in [6.07, 6.45) is 1.67. The normalized spacial score (nSPS) is 11.8. The molecule has 0 aliphatic heterocycles. The lowest BCUT2D eigenvalue weighted by Crippen LogP contribution is -2.34. The topological polar surface area (TPSA) is 98.9 Å². The molecule has 8 heteroatoms. The lowest BCUT2D eigenvalue weighted by molar-refractivity contribution is -0.117. The second kappa shape index (κ2) is 7.85. The summed E-state index contributed by atoms with van der Waals surface area (Å²) in [5, 5.41) is 12.3. The predicted octanol–water partition coefficient (Wildman–Crippen LogP) is 3.31. The second-order valence-electron chi connectivity index (χ2n) is 8.67. The van der Waals surface area contributed by atoms with Gasteiger partial charge in [0.25, 0.3) is 5.56 Å². The molecule has 0 fully saturated rings. The van der Waals surface area contributed by atoms with E-state index in [1.807, 2.05) is 34.6 Å². The van der Waals surface area contributed by atoms with Crippen LogP contribution in [-0.4, -0.2) is 31.3 Å². The fourth-order valence-corrected chi connectivity index (χ4v) is 3.26. The van der Waals surface area contributed by atoms with Crippen molar-refractivity contribution in [3.63, 3.8) is 0 Å². The zero-order valence-corrected chi connectivity index (χ0v) is 18.2. The third-order valence-electron chi connectivity index (χ3n) is 4.76. The van der Waals surface area contributed by atoms with Gasteiger partial charge < -0.3 is 5.32 Å². The number of rotatable bonds is 5. The van der Waals surface area contributed by atoms with E-state index in [1.165, 1.54) is 11.6 Å². The summed E-state index contributed by atoms with van der Waals surface area (Å²) in [4.78, 5) is 37.1. The Bertz CT molecular complexity index is 1160. The van der Waals surface area contributed by atoms with Gasteiger partial charge in [-0.15, -0.1) is 0 Å². The summed E-state index contributed by atoms with van der Waals surface area (Å²) < 4.78 is 2.88. The average molecular weight is 409 g/mol. The van der Waals surface area contributed by atoms with Gasteiger partial charge in [0, 0.05) is 16.6 Å². The standard InChI is InChI=1S/C22H27N5O3/c1-13(2)19-17-11-23-27(22(4,5)6)20(17)21(30)26(25-19)12-18(29)24-16-9-7-15(8-10-16)14(3)28/h7-11,13H,12H2,1-6H3,(H,24,29). The van der Waals surface area contributed by atoms with E-state index in [2.05, 4.69) is 15.5 Å². The second-order valence-corrected chi connectivity index (χ2v) is 8.67. The molecule has 30 heavy (non-hydrogen) atoms. The molecule has 1 amide bonds.